The molecule has 0 radical (unpaired) electrons. The molecule has 0 spiro atoms. The van der Waals surface area contributed by atoms with Crippen LogP contribution < -0.4 is 20.7 Å². The number of nitrogens with zero attached hydrogens (tertiary/aromatic N) is 4. The van der Waals surface area contributed by atoms with Gasteiger partial charge < -0.3 is 30.9 Å². The number of carbonyl (C=O) groups excluding carboxylic acids is 1. The van der Waals surface area contributed by atoms with Gasteiger partial charge in [0.05, 0.1) is 12.8 Å². The van der Waals surface area contributed by atoms with Gasteiger partial charge in [-0.3, -0.25) is 9.69 Å². The van der Waals surface area contributed by atoms with Crippen LogP contribution in [0.5, 0.6) is 5.75 Å². The Labute approximate surface area is 196 Å². The van der Waals surface area contributed by atoms with Gasteiger partial charge in [0, 0.05) is 57.6 Å². The Morgan fingerprint density at radius 2 is 1.74 bits per heavy atom. The van der Waals surface area contributed by atoms with E-state index in [9.17, 15) is 14.4 Å². The van der Waals surface area contributed by atoms with Crippen LogP contribution in [-0.2, 0) is 9.59 Å². The van der Waals surface area contributed by atoms with E-state index in [2.05, 4.69) is 31.2 Å². The van der Waals surface area contributed by atoms with Crippen molar-refractivity contribution in [2.24, 2.45) is 5.73 Å². The number of hydrogen-bond acceptors (Lipinski definition) is 9. The highest BCUT2D eigenvalue weighted by atomic mass is 16.5. The molecule has 3 rings (SSSR count). The van der Waals surface area contributed by atoms with Gasteiger partial charge in [0.1, 0.15) is 11.4 Å². The highest BCUT2D eigenvalue weighted by Gasteiger charge is 2.19. The van der Waals surface area contributed by atoms with Crippen LogP contribution in [0, 0.1) is 0 Å². The Morgan fingerprint density at radius 1 is 1.09 bits per heavy atom. The molecule has 1 aromatic carbocycles. The number of ether oxygens (including phenoxy) is 1. The molecule has 0 atom stereocenters. The summed E-state index contributed by atoms with van der Waals surface area (Å²) < 4.78 is 5.45. The predicted molar refractivity (Wildman–Crippen MR) is 125 cm³/mol. The molecule has 1 fully saturated rings. The molecular formula is C22H28N6O6. The van der Waals surface area contributed by atoms with Crippen LogP contribution in [0.25, 0.3) is 0 Å². The normalized spacial score (nSPS) is 13.6. The topological polar surface area (TPSA) is 171 Å². The summed E-state index contributed by atoms with van der Waals surface area (Å²) in [5.74, 6) is -1.73. The number of carboxylic acid groups (broad SMARTS) is 2. The molecule has 5 N–H and O–H groups in total. The van der Waals surface area contributed by atoms with Gasteiger partial charge in [-0.2, -0.15) is 0 Å². The number of anilines is 2. The predicted octanol–water partition coefficient (Wildman–Crippen LogP) is 0.530. The largest absolute Gasteiger partial charge is 0.495 e. The number of para-hydroxylation sites is 2. The zero-order valence-electron chi connectivity index (χ0n) is 18.8. The Morgan fingerprint density at radius 3 is 2.32 bits per heavy atom. The quantitative estimate of drug-likeness (QED) is 0.375. The number of amides is 1. The van der Waals surface area contributed by atoms with E-state index in [1.165, 1.54) is 12.3 Å². The number of nitrogens with two attached hydrogens (primary N) is 1. The fraction of sp³-hybridized carbons (Fsp3) is 0.318. The van der Waals surface area contributed by atoms with Crippen molar-refractivity contribution in [1.82, 2.24) is 14.9 Å². The van der Waals surface area contributed by atoms with Crippen LogP contribution >= 0.6 is 0 Å². The number of benzene rings is 1. The number of piperazine rings is 1. The molecule has 1 amide bonds. The smallest absolute Gasteiger partial charge is 0.328 e. The van der Waals surface area contributed by atoms with Crippen molar-refractivity contribution in [3.8, 4) is 5.75 Å². The molecule has 0 unspecified atom stereocenters. The summed E-state index contributed by atoms with van der Waals surface area (Å²) in [5, 5.41) is 18.8. The lowest BCUT2D eigenvalue weighted by Gasteiger charge is -2.36. The summed E-state index contributed by atoms with van der Waals surface area (Å²) in [5.41, 5.74) is 6.59. The first-order chi connectivity index (χ1) is 16.3. The summed E-state index contributed by atoms with van der Waals surface area (Å²) in [7, 11) is 1.70. The molecule has 1 aromatic heterocycles. The molecule has 2 heterocycles. The minimum atomic E-state index is -1.26. The summed E-state index contributed by atoms with van der Waals surface area (Å²) in [6, 6.07) is 9.61. The van der Waals surface area contributed by atoms with E-state index < -0.39 is 17.8 Å². The molecule has 34 heavy (non-hydrogen) atoms. The van der Waals surface area contributed by atoms with Crippen LogP contribution in [0.2, 0.25) is 0 Å². The number of primary amides is 1. The van der Waals surface area contributed by atoms with Crippen molar-refractivity contribution in [2.45, 2.75) is 0 Å². The molecule has 0 bridgehead atoms. The van der Waals surface area contributed by atoms with Gasteiger partial charge in [-0.05, 0) is 18.2 Å². The molecule has 0 saturated carbocycles. The van der Waals surface area contributed by atoms with Crippen LogP contribution in [0.15, 0.2) is 48.7 Å². The third-order valence-electron chi connectivity index (χ3n) is 4.79. The van der Waals surface area contributed by atoms with Crippen molar-refractivity contribution in [3.05, 3.63) is 54.4 Å². The average Bonchev–Trinajstić information content (AvgIpc) is 2.84. The lowest BCUT2D eigenvalue weighted by molar-refractivity contribution is -0.134. The SMILES string of the molecule is COc1ccccc1N1CCN(CCNc2nccc(C(N)=O)n2)CC1.O=C(O)/C=C/C(=O)O. The lowest BCUT2D eigenvalue weighted by Crippen LogP contribution is -2.47. The van der Waals surface area contributed by atoms with E-state index in [1.54, 1.807) is 7.11 Å². The first kappa shape index (κ1) is 26.1. The molecule has 0 aliphatic carbocycles. The minimum Gasteiger partial charge on any atom is -0.495 e. The number of hydrogen-bond donors (Lipinski definition) is 4. The van der Waals surface area contributed by atoms with Crippen molar-refractivity contribution in [1.29, 1.82) is 0 Å². The monoisotopic (exact) mass is 472 g/mol. The highest BCUT2D eigenvalue weighted by Crippen LogP contribution is 2.28. The van der Waals surface area contributed by atoms with E-state index >= 15 is 0 Å². The van der Waals surface area contributed by atoms with Gasteiger partial charge in [-0.1, -0.05) is 12.1 Å². The Balaban J connectivity index is 0.000000440. The first-order valence-electron chi connectivity index (χ1n) is 10.4. The van der Waals surface area contributed by atoms with Gasteiger partial charge in [-0.25, -0.2) is 19.6 Å². The van der Waals surface area contributed by atoms with Crippen LogP contribution in [-0.4, -0.2) is 89.3 Å². The number of nitrogens with one attached hydrogen (secondary N) is 1. The van der Waals surface area contributed by atoms with E-state index in [0.29, 0.717) is 24.6 Å². The summed E-state index contributed by atoms with van der Waals surface area (Å²) >= 11 is 0. The number of methoxy groups -OCH3 is 1. The number of carbonyl (C=O) groups is 3. The van der Waals surface area contributed by atoms with Gasteiger partial charge in [0.2, 0.25) is 5.95 Å². The van der Waals surface area contributed by atoms with Gasteiger partial charge in [0.25, 0.3) is 5.91 Å². The highest BCUT2D eigenvalue weighted by molar-refractivity contribution is 5.91. The van der Waals surface area contributed by atoms with Gasteiger partial charge in [0.15, 0.2) is 0 Å². The zero-order chi connectivity index (χ0) is 24.9. The second-order valence-electron chi connectivity index (χ2n) is 7.07. The van der Waals surface area contributed by atoms with Gasteiger partial charge in [-0.15, -0.1) is 0 Å². The number of aromatic nitrogens is 2. The number of rotatable bonds is 9. The summed E-state index contributed by atoms with van der Waals surface area (Å²) in [6.45, 7) is 5.44. The standard InChI is InChI=1S/C18H24N6O2.C4H4O4/c1-26-16-5-3-2-4-15(16)24-12-10-23(11-13-24)9-8-21-18-20-7-6-14(22-18)17(19)25;5-3(6)1-2-4(7)8/h2-7H,8-13H2,1H3,(H2,19,25)(H,20,21,22);1-2H,(H,5,6)(H,7,8)/b;2-1+. The lowest BCUT2D eigenvalue weighted by atomic mass is 10.2. The van der Waals surface area contributed by atoms with E-state index in [4.69, 9.17) is 20.7 Å². The minimum absolute atomic E-state index is 0.216. The molecule has 182 valence electrons. The maximum absolute atomic E-state index is 11.2. The van der Waals surface area contributed by atoms with Crippen LogP contribution in [0.4, 0.5) is 11.6 Å². The molecule has 1 aliphatic heterocycles. The van der Waals surface area contributed by atoms with Crippen molar-refractivity contribution < 1.29 is 29.3 Å². The number of aliphatic carboxylic acids is 2. The summed E-state index contributed by atoms with van der Waals surface area (Å²) in [6.07, 6.45) is 2.64. The zero-order valence-corrected chi connectivity index (χ0v) is 18.8. The summed E-state index contributed by atoms with van der Waals surface area (Å²) in [4.78, 5) is 43.2. The van der Waals surface area contributed by atoms with E-state index in [1.807, 2.05) is 18.2 Å². The van der Waals surface area contributed by atoms with E-state index in [-0.39, 0.29) is 5.69 Å². The van der Waals surface area contributed by atoms with Crippen molar-refractivity contribution in [3.63, 3.8) is 0 Å². The molecule has 1 aliphatic rings. The molecule has 12 nitrogen and oxygen atoms in total. The molecule has 1 saturated heterocycles. The second kappa shape index (κ2) is 13.4. The maximum atomic E-state index is 11.2. The Kier molecular flexibility index (Phi) is 10.3. The Bertz CT molecular complexity index is 991. The average molecular weight is 473 g/mol. The van der Waals surface area contributed by atoms with Gasteiger partial charge >= 0.3 is 11.9 Å². The van der Waals surface area contributed by atoms with Crippen molar-refractivity contribution >= 4 is 29.5 Å². The first-order valence-corrected chi connectivity index (χ1v) is 10.4. The third kappa shape index (κ3) is 8.74. The van der Waals surface area contributed by atoms with Crippen LogP contribution in [0.1, 0.15) is 10.5 Å². The van der Waals surface area contributed by atoms with E-state index in [0.717, 1.165) is 44.2 Å². The third-order valence-corrected chi connectivity index (χ3v) is 4.79. The molecule has 12 heteroatoms. The maximum Gasteiger partial charge on any atom is 0.328 e. The van der Waals surface area contributed by atoms with Crippen molar-refractivity contribution in [2.75, 3.05) is 56.6 Å². The number of carboxylic acids is 2. The fourth-order valence-electron chi connectivity index (χ4n) is 3.15. The van der Waals surface area contributed by atoms with Crippen LogP contribution in [0.3, 0.4) is 0 Å². The fourth-order valence-corrected chi connectivity index (χ4v) is 3.15. The molecule has 2 aromatic rings. The second-order valence-corrected chi connectivity index (χ2v) is 7.07. The Hall–Kier alpha value is -4.19. The molecular weight excluding hydrogens is 444 g/mol.